The lowest BCUT2D eigenvalue weighted by Gasteiger charge is -2.19. The minimum atomic E-state index is -3.15. The van der Waals surface area contributed by atoms with Crippen molar-refractivity contribution in [2.45, 2.75) is 13.1 Å². The summed E-state index contributed by atoms with van der Waals surface area (Å²) >= 11 is 0. The summed E-state index contributed by atoms with van der Waals surface area (Å²) in [5.74, 6) is 0.816. The molecule has 3 heterocycles. The Hall–Kier alpha value is -1.60. The number of nitrogens with zero attached hydrogens (tertiary/aromatic N) is 3. The van der Waals surface area contributed by atoms with Gasteiger partial charge < -0.3 is 4.90 Å². The van der Waals surface area contributed by atoms with E-state index in [4.69, 9.17) is 0 Å². The molecule has 0 bridgehead atoms. The Balaban J connectivity index is 1.90. The normalized spacial score (nSPS) is 19.5. The molecule has 0 aliphatic carbocycles. The summed E-state index contributed by atoms with van der Waals surface area (Å²) in [6.45, 7) is 1.54. The lowest BCUT2D eigenvalue weighted by Crippen LogP contribution is -2.25. The third-order valence-electron chi connectivity index (χ3n) is 3.16. The molecule has 6 nitrogen and oxygen atoms in total. The summed E-state index contributed by atoms with van der Waals surface area (Å²) in [5.41, 5.74) is 1.86. The van der Waals surface area contributed by atoms with E-state index in [9.17, 15) is 8.42 Å². The number of aromatic nitrogens is 2. The highest BCUT2D eigenvalue weighted by atomic mass is 32.2. The smallest absolute Gasteiger partial charge is 0.211 e. The summed E-state index contributed by atoms with van der Waals surface area (Å²) < 4.78 is 24.5. The second kappa shape index (κ2) is 3.96. The lowest BCUT2D eigenvalue weighted by atomic mass is 10.2. The minimum Gasteiger partial charge on any atom is -0.327 e. The van der Waals surface area contributed by atoms with Crippen molar-refractivity contribution in [2.24, 2.45) is 0 Å². The molecule has 0 radical (unpaired) electrons. The van der Waals surface area contributed by atoms with Gasteiger partial charge in [-0.15, -0.1) is 0 Å². The predicted octanol–water partition coefficient (Wildman–Crippen LogP) is 0.575. The molecule has 0 saturated carbocycles. The molecule has 2 aliphatic rings. The predicted molar refractivity (Wildman–Crippen MR) is 68.3 cm³/mol. The summed E-state index contributed by atoms with van der Waals surface area (Å²) in [6.07, 6.45) is 9.12. The fourth-order valence-corrected chi connectivity index (χ4v) is 2.92. The number of H-pyrrole nitrogens is 1. The van der Waals surface area contributed by atoms with E-state index in [1.807, 2.05) is 29.3 Å². The molecular formula is C11H14N4O2S. The number of hydrogen-bond donors (Lipinski definition) is 1. The fourth-order valence-electron chi connectivity index (χ4n) is 2.19. The van der Waals surface area contributed by atoms with Gasteiger partial charge in [-0.2, -0.15) is 9.40 Å². The van der Waals surface area contributed by atoms with Crippen LogP contribution in [0.15, 0.2) is 24.4 Å². The maximum Gasteiger partial charge on any atom is 0.211 e. The number of fused-ring (bicyclic) bond motifs is 1. The van der Waals surface area contributed by atoms with Crippen LogP contribution in [0.1, 0.15) is 11.3 Å². The van der Waals surface area contributed by atoms with Gasteiger partial charge in [0.05, 0.1) is 18.5 Å². The Kier molecular flexibility index (Phi) is 2.53. The molecule has 3 rings (SSSR count). The maximum atomic E-state index is 11.5. The topological polar surface area (TPSA) is 69.3 Å². The zero-order chi connectivity index (χ0) is 12.8. The summed E-state index contributed by atoms with van der Waals surface area (Å²) in [6, 6.07) is 0. The van der Waals surface area contributed by atoms with Gasteiger partial charge >= 0.3 is 0 Å². The van der Waals surface area contributed by atoms with E-state index in [0.717, 1.165) is 23.6 Å². The van der Waals surface area contributed by atoms with Gasteiger partial charge in [0.2, 0.25) is 10.0 Å². The zero-order valence-electron chi connectivity index (χ0n) is 10.00. The van der Waals surface area contributed by atoms with Crippen molar-refractivity contribution in [3.8, 4) is 0 Å². The molecule has 0 fully saturated rings. The molecule has 0 saturated heterocycles. The molecule has 2 aliphatic heterocycles. The van der Waals surface area contributed by atoms with E-state index in [0.29, 0.717) is 13.1 Å². The summed E-state index contributed by atoms with van der Waals surface area (Å²) in [5, 5.41) is 7.20. The first kappa shape index (κ1) is 11.5. The van der Waals surface area contributed by atoms with E-state index in [-0.39, 0.29) is 0 Å². The van der Waals surface area contributed by atoms with Gasteiger partial charge in [-0.3, -0.25) is 5.10 Å². The third kappa shape index (κ3) is 1.85. The second-order valence-corrected chi connectivity index (χ2v) is 6.44. The first-order chi connectivity index (χ1) is 8.55. The van der Waals surface area contributed by atoms with Gasteiger partial charge in [0.25, 0.3) is 0 Å². The Labute approximate surface area is 106 Å². The Morgan fingerprint density at radius 3 is 2.83 bits per heavy atom. The van der Waals surface area contributed by atoms with Crippen LogP contribution in [-0.4, -0.2) is 35.7 Å². The van der Waals surface area contributed by atoms with E-state index >= 15 is 0 Å². The molecule has 0 atom stereocenters. The Bertz CT molecular complexity index is 629. The van der Waals surface area contributed by atoms with Crippen molar-refractivity contribution in [3.63, 3.8) is 0 Å². The summed E-state index contributed by atoms with van der Waals surface area (Å²) in [7, 11) is -3.15. The average molecular weight is 266 g/mol. The third-order valence-corrected chi connectivity index (χ3v) is 4.35. The van der Waals surface area contributed by atoms with E-state index in [1.165, 1.54) is 10.6 Å². The average Bonchev–Trinajstić information content (AvgIpc) is 2.88. The molecule has 0 aromatic carbocycles. The van der Waals surface area contributed by atoms with Crippen LogP contribution in [0, 0.1) is 0 Å². The van der Waals surface area contributed by atoms with Crippen molar-refractivity contribution in [1.82, 2.24) is 14.5 Å². The first-order valence-corrected chi connectivity index (χ1v) is 7.52. The molecule has 0 spiro atoms. The highest BCUT2D eigenvalue weighted by Crippen LogP contribution is 2.31. The Morgan fingerprint density at radius 2 is 2.17 bits per heavy atom. The zero-order valence-corrected chi connectivity index (χ0v) is 10.8. The van der Waals surface area contributed by atoms with Crippen LogP contribution in [0.25, 0.3) is 0 Å². The van der Waals surface area contributed by atoms with Gasteiger partial charge in [-0.1, -0.05) is 12.2 Å². The minimum absolute atomic E-state index is 0.383. The van der Waals surface area contributed by atoms with Gasteiger partial charge in [0, 0.05) is 24.9 Å². The molecule has 7 heteroatoms. The van der Waals surface area contributed by atoms with Gasteiger partial charge in [0.15, 0.2) is 5.82 Å². The van der Waals surface area contributed by atoms with Crippen LogP contribution in [0.2, 0.25) is 0 Å². The standard InChI is InChI=1S/C11H14N4O2S/c1-18(16,17)15-7-9-10(8-15)12-13-11(9)14-5-3-2-4-6-14/h2-5H,6-8H2,1H3,(H,12,13). The molecular weight excluding hydrogens is 252 g/mol. The van der Waals surface area contributed by atoms with Crippen LogP contribution in [0.3, 0.4) is 0 Å². The van der Waals surface area contributed by atoms with Gasteiger partial charge in [0.1, 0.15) is 0 Å². The van der Waals surface area contributed by atoms with Crippen LogP contribution in [0.5, 0.6) is 0 Å². The molecule has 1 aromatic heterocycles. The van der Waals surface area contributed by atoms with E-state index < -0.39 is 10.0 Å². The van der Waals surface area contributed by atoms with Crippen molar-refractivity contribution >= 4 is 15.8 Å². The van der Waals surface area contributed by atoms with Crippen LogP contribution < -0.4 is 4.90 Å². The highest BCUT2D eigenvalue weighted by molar-refractivity contribution is 7.88. The quantitative estimate of drug-likeness (QED) is 0.850. The largest absolute Gasteiger partial charge is 0.327 e. The van der Waals surface area contributed by atoms with Crippen LogP contribution in [-0.2, 0) is 23.1 Å². The first-order valence-electron chi connectivity index (χ1n) is 5.67. The lowest BCUT2D eigenvalue weighted by molar-refractivity contribution is 0.432. The summed E-state index contributed by atoms with van der Waals surface area (Å²) in [4.78, 5) is 2.00. The molecule has 0 unspecified atom stereocenters. The van der Waals surface area contributed by atoms with Crippen molar-refractivity contribution in [2.75, 3.05) is 17.7 Å². The second-order valence-electron chi connectivity index (χ2n) is 4.46. The number of nitrogens with one attached hydrogen (secondary N) is 1. The van der Waals surface area contributed by atoms with Crippen molar-refractivity contribution in [1.29, 1.82) is 0 Å². The Morgan fingerprint density at radius 1 is 1.33 bits per heavy atom. The highest BCUT2D eigenvalue weighted by Gasteiger charge is 2.31. The number of allylic oxidation sites excluding steroid dienone is 2. The number of sulfonamides is 1. The van der Waals surface area contributed by atoms with Gasteiger partial charge in [-0.05, 0) is 6.08 Å². The molecule has 0 amide bonds. The molecule has 18 heavy (non-hydrogen) atoms. The van der Waals surface area contributed by atoms with E-state index in [2.05, 4.69) is 10.2 Å². The monoisotopic (exact) mass is 266 g/mol. The van der Waals surface area contributed by atoms with Crippen LogP contribution >= 0.6 is 0 Å². The number of rotatable bonds is 2. The number of hydrogen-bond acceptors (Lipinski definition) is 4. The van der Waals surface area contributed by atoms with Gasteiger partial charge in [-0.25, -0.2) is 8.42 Å². The van der Waals surface area contributed by atoms with Crippen molar-refractivity contribution < 1.29 is 8.42 Å². The number of anilines is 1. The molecule has 96 valence electrons. The van der Waals surface area contributed by atoms with Crippen LogP contribution in [0.4, 0.5) is 5.82 Å². The molecule has 1 aromatic rings. The number of aromatic amines is 1. The SMILES string of the molecule is CS(=O)(=O)N1Cc2[nH]nc(N3C=CC=CC3)c2C1. The van der Waals surface area contributed by atoms with Crippen molar-refractivity contribution in [3.05, 3.63) is 35.7 Å². The fraction of sp³-hybridized carbons (Fsp3) is 0.364. The van der Waals surface area contributed by atoms with E-state index in [1.54, 1.807) is 0 Å². The maximum absolute atomic E-state index is 11.5. The molecule has 1 N–H and O–H groups in total.